The normalized spacial score (nSPS) is 49.2. The Bertz CT molecular complexity index is 2050. The summed E-state index contributed by atoms with van der Waals surface area (Å²) in [5.41, 5.74) is 0. The molecule has 0 aromatic heterocycles. The van der Waals surface area contributed by atoms with Crippen LogP contribution in [0.4, 0.5) is 0 Å². The van der Waals surface area contributed by atoms with Crippen molar-refractivity contribution < 1.29 is 0 Å². The largest absolute Gasteiger partial charge is 0.0530 e. The maximum Gasteiger partial charge on any atom is -0.0323 e. The van der Waals surface area contributed by atoms with Gasteiger partial charge in [0.1, 0.15) is 0 Å². The predicted molar refractivity (Wildman–Crippen MR) is 428 cm³/mol. The SMILES string of the molecule is C1CC2C3CCC(C3)C2C1.C1CC2CC1C1C3CCC(C3)C21.C1CC2CC1C1CC21.C1CC2CC1C1CCC21.C1CC2CCC1CC2.C1CC2CCCC(C1)CC2.C1CC2CCCC(C1)CC2.C1CC2CCCC(C1)CCC2.C1CCC2CCC(C1)CC2.C1CCC2CCCC(C1)CCC2. The molecule has 100 heavy (non-hydrogen) atoms. The minimum absolute atomic E-state index is 1.11. The summed E-state index contributed by atoms with van der Waals surface area (Å²) < 4.78 is 0. The van der Waals surface area contributed by atoms with E-state index in [9.17, 15) is 0 Å². The quantitative estimate of drug-likeness (QED) is 0.212. The summed E-state index contributed by atoms with van der Waals surface area (Å²) in [6, 6.07) is 0. The Morgan fingerprint density at radius 3 is 0.450 bits per heavy atom. The molecule has 22 bridgehead atoms. The van der Waals surface area contributed by atoms with Crippen LogP contribution in [0, 0.1) is 178 Å². The third kappa shape index (κ3) is 19.6. The molecule has 0 aliphatic heterocycles. The molecule has 29 saturated carbocycles. The van der Waals surface area contributed by atoms with Gasteiger partial charge in [-0.15, -0.1) is 0 Å². The van der Waals surface area contributed by atoms with Crippen LogP contribution in [0.2, 0.25) is 0 Å². The zero-order valence-corrected chi connectivity index (χ0v) is 66.8. The molecule has 0 nitrogen and oxygen atoms in total. The van der Waals surface area contributed by atoms with E-state index in [1.165, 1.54) is 190 Å². The fourth-order valence-corrected chi connectivity index (χ4v) is 32.7. The highest BCUT2D eigenvalue weighted by atomic mass is 14.6. The number of hydrogen-bond acceptors (Lipinski definition) is 0. The van der Waals surface area contributed by atoms with E-state index in [1.54, 1.807) is 366 Å². The van der Waals surface area contributed by atoms with Crippen molar-refractivity contribution in [3.05, 3.63) is 0 Å². The fourth-order valence-electron chi connectivity index (χ4n) is 32.7. The van der Waals surface area contributed by atoms with E-state index in [0.717, 1.165) is 71.0 Å². The van der Waals surface area contributed by atoms with Gasteiger partial charge < -0.3 is 0 Å². The summed E-state index contributed by atoms with van der Waals surface area (Å²) in [5, 5.41) is 0. The molecule has 0 aromatic carbocycles. The van der Waals surface area contributed by atoms with Crippen LogP contribution in [0.3, 0.4) is 0 Å². The highest BCUT2D eigenvalue weighted by Gasteiger charge is 2.60. The Morgan fingerprint density at radius 1 is 0.0900 bits per heavy atom. The maximum atomic E-state index is 1.64. The lowest BCUT2D eigenvalue weighted by atomic mass is 9.66. The van der Waals surface area contributed by atoms with E-state index in [2.05, 4.69) is 0 Å². The Morgan fingerprint density at radius 2 is 0.240 bits per heavy atom. The third-order valence-corrected chi connectivity index (χ3v) is 38.6. The van der Waals surface area contributed by atoms with Crippen molar-refractivity contribution in [2.24, 2.45) is 178 Å². The monoisotopic (exact) mass is 1370 g/mol. The topological polar surface area (TPSA) is 0 Å². The summed E-state index contributed by atoms with van der Waals surface area (Å²) in [6.45, 7) is 0. The van der Waals surface area contributed by atoms with Crippen LogP contribution < -0.4 is 0 Å². The lowest BCUT2D eigenvalue weighted by Gasteiger charge is -2.40. The first-order valence-corrected chi connectivity index (χ1v) is 49.5. The highest BCUT2D eigenvalue weighted by Crippen LogP contribution is 2.68. The van der Waals surface area contributed by atoms with E-state index in [0.29, 0.717) is 0 Å². The molecule has 0 saturated heterocycles. The molecule has 29 aliphatic carbocycles. The van der Waals surface area contributed by atoms with Crippen LogP contribution in [0.5, 0.6) is 0 Å². The van der Waals surface area contributed by atoms with Crippen molar-refractivity contribution in [1.29, 1.82) is 0 Å². The fraction of sp³-hybridized carbons (Fsp3) is 1.00. The smallest absolute Gasteiger partial charge is 0.0323 e. The molecule has 0 heteroatoms. The molecular weight excluding hydrogens is 1200 g/mol. The summed E-state index contributed by atoms with van der Waals surface area (Å²) >= 11 is 0. The van der Waals surface area contributed by atoms with Gasteiger partial charge in [-0.2, -0.15) is 0 Å². The van der Waals surface area contributed by atoms with Gasteiger partial charge in [-0.1, -0.05) is 321 Å². The second-order valence-corrected chi connectivity index (χ2v) is 43.9. The molecule has 29 rings (SSSR count). The van der Waals surface area contributed by atoms with E-state index in [1.807, 2.05) is 0 Å². The number of fused-ring (bicyclic) bond motifs is 51. The Labute approximate surface area is 623 Å². The van der Waals surface area contributed by atoms with Gasteiger partial charge in [0.2, 0.25) is 0 Å². The van der Waals surface area contributed by atoms with Crippen molar-refractivity contribution >= 4 is 0 Å². The van der Waals surface area contributed by atoms with Gasteiger partial charge in [0.05, 0.1) is 0 Å². The summed E-state index contributed by atoms with van der Waals surface area (Å²) in [4.78, 5) is 0. The Hall–Kier alpha value is 0. The minimum Gasteiger partial charge on any atom is -0.0530 e. The maximum absolute atomic E-state index is 1.64. The van der Waals surface area contributed by atoms with E-state index < -0.39 is 0 Å². The average Bonchev–Trinajstić information content (AvgIpc) is 1.58. The Balaban J connectivity index is 0.0000000866. The van der Waals surface area contributed by atoms with Crippen LogP contribution in [-0.4, -0.2) is 0 Å². The van der Waals surface area contributed by atoms with Gasteiger partial charge in [-0.05, 0) is 306 Å². The van der Waals surface area contributed by atoms with E-state index in [-0.39, 0.29) is 0 Å². The lowest BCUT2D eigenvalue weighted by Crippen LogP contribution is -2.31. The summed E-state index contributed by atoms with van der Waals surface area (Å²) in [7, 11) is 0. The van der Waals surface area contributed by atoms with Crippen LogP contribution in [0.25, 0.3) is 0 Å². The van der Waals surface area contributed by atoms with Gasteiger partial charge in [-0.3, -0.25) is 0 Å². The minimum atomic E-state index is 1.11. The van der Waals surface area contributed by atoms with Crippen LogP contribution in [0.1, 0.15) is 449 Å². The third-order valence-electron chi connectivity index (χ3n) is 38.6. The van der Waals surface area contributed by atoms with Crippen molar-refractivity contribution in [3.63, 3.8) is 0 Å². The van der Waals surface area contributed by atoms with Gasteiger partial charge in [-0.25, -0.2) is 0 Å². The van der Waals surface area contributed by atoms with Gasteiger partial charge in [0, 0.05) is 0 Å². The van der Waals surface area contributed by atoms with Crippen molar-refractivity contribution in [3.8, 4) is 0 Å². The van der Waals surface area contributed by atoms with Crippen molar-refractivity contribution in [2.75, 3.05) is 0 Å². The first-order chi connectivity index (χ1) is 49.5. The molecule has 29 aliphatic rings. The first kappa shape index (κ1) is 74.1. The molecule has 29 fully saturated rings. The highest BCUT2D eigenvalue weighted by molar-refractivity contribution is 5.09. The first-order valence-electron chi connectivity index (χ1n) is 49.5. The van der Waals surface area contributed by atoms with Gasteiger partial charge >= 0.3 is 0 Å². The molecule has 570 valence electrons. The van der Waals surface area contributed by atoms with Crippen LogP contribution in [0.15, 0.2) is 0 Å². The van der Waals surface area contributed by atoms with Crippen molar-refractivity contribution in [2.45, 2.75) is 449 Å². The van der Waals surface area contributed by atoms with E-state index >= 15 is 0 Å². The predicted octanol–water partition coefficient (Wildman–Crippen LogP) is 31.0. The van der Waals surface area contributed by atoms with Crippen LogP contribution in [-0.2, 0) is 0 Å². The molecule has 16 unspecified atom stereocenters. The summed E-state index contributed by atoms with van der Waals surface area (Å²) in [6.07, 6.45) is 110. The van der Waals surface area contributed by atoms with Gasteiger partial charge in [0.25, 0.3) is 0 Å². The standard InChI is InChI=1S/C12H18.C12H22.C11H20.C10H16.3C10H18.C9H14.C8H12.C8H14/c1-2-8-5-7(1)11-9-3-4-10(6-9)12(8)11;1-2-6-12-9-3-7-11(5-1)8-4-10-12;1-4-10-6-2-7-11(5-1)9-3-8-10;1-2-9-7-4-5-8(6-7)10(9)3-1;2*1-3-9-5-2-6-10(4-1)8-7-9;1-2-4-10-7-5-9(3-1)6-8-10;1-2-7-5-6(1)8-3-4-9(7)8;1-2-6-3-5(1)7-4-8(6)7;1-2-8-5-3-7(1)4-6-8/h7-12H,1-6H2;11-12H,1-10H2;10-11H,1-9H2;7-10H,1-6H2;3*9-10H,1-8H2;6-9H,1-5H2;5-8H,1-4H2;7-8H,1-6H2. The molecule has 0 spiro atoms. The zero-order valence-electron chi connectivity index (χ0n) is 66.8. The second kappa shape index (κ2) is 37.1. The molecule has 0 heterocycles. The molecular formula is C100H170. The Kier molecular flexibility index (Phi) is 27.5. The average molecular weight is 1370 g/mol. The van der Waals surface area contributed by atoms with Gasteiger partial charge in [0.15, 0.2) is 0 Å². The van der Waals surface area contributed by atoms with Crippen LogP contribution >= 0.6 is 0 Å². The zero-order chi connectivity index (χ0) is 66.8. The number of hydrogen-bond donors (Lipinski definition) is 0. The molecule has 0 radical (unpaired) electrons. The number of rotatable bonds is 0. The van der Waals surface area contributed by atoms with E-state index in [4.69, 9.17) is 0 Å². The lowest BCUT2D eigenvalue weighted by molar-refractivity contribution is 0.103. The molecule has 0 amide bonds. The molecule has 16 atom stereocenters. The summed E-state index contributed by atoms with van der Waals surface area (Å²) in [5.74, 6) is 35.4. The second-order valence-electron chi connectivity index (χ2n) is 43.9. The molecule has 0 aromatic rings. The van der Waals surface area contributed by atoms with Crippen molar-refractivity contribution in [1.82, 2.24) is 0 Å². The molecule has 0 N–H and O–H groups in total.